The van der Waals surface area contributed by atoms with Gasteiger partial charge in [0.2, 0.25) is 5.91 Å². The van der Waals surface area contributed by atoms with Crippen molar-refractivity contribution >= 4 is 21.6 Å². The molecule has 156 valence electrons. The molecule has 29 heavy (non-hydrogen) atoms. The lowest BCUT2D eigenvalue weighted by Gasteiger charge is -2.30. The normalized spacial score (nSPS) is 15.8. The van der Waals surface area contributed by atoms with E-state index in [9.17, 15) is 13.2 Å². The summed E-state index contributed by atoms with van der Waals surface area (Å²) < 4.78 is 27.9. The van der Waals surface area contributed by atoms with E-state index >= 15 is 0 Å². The van der Waals surface area contributed by atoms with E-state index in [4.69, 9.17) is 0 Å². The number of aryl methyl sites for hydroxylation is 2. The number of carbonyl (C=O) groups is 1. The number of rotatable bonds is 6. The Bertz CT molecular complexity index is 932. The Balaban J connectivity index is 1.84. The third-order valence-electron chi connectivity index (χ3n) is 5.30. The van der Waals surface area contributed by atoms with Crippen LogP contribution in [0.5, 0.6) is 0 Å². The van der Waals surface area contributed by atoms with E-state index in [0.717, 1.165) is 37.1 Å². The van der Waals surface area contributed by atoms with Gasteiger partial charge in [0.25, 0.3) is 10.0 Å². The van der Waals surface area contributed by atoms with Gasteiger partial charge in [-0.05, 0) is 71.1 Å². The van der Waals surface area contributed by atoms with E-state index in [1.165, 1.54) is 4.31 Å². The minimum absolute atomic E-state index is 0.0839. The lowest BCUT2D eigenvalue weighted by Crippen LogP contribution is -2.47. The largest absolute Gasteiger partial charge is 0.352 e. The molecule has 0 saturated carbocycles. The van der Waals surface area contributed by atoms with Crippen molar-refractivity contribution in [2.24, 2.45) is 0 Å². The number of sulfonamides is 1. The van der Waals surface area contributed by atoms with Crippen molar-refractivity contribution in [2.75, 3.05) is 31.0 Å². The standard InChI is InChI=1S/C22H29N3O3S/c1-17-4-8-20(9-5-17)25(29(27,28)21-10-6-18(2)7-11-21)16-22(26)23-19-12-14-24(3)15-13-19/h4-11,19H,12-16H2,1-3H3,(H,23,26). The van der Waals surface area contributed by atoms with Crippen molar-refractivity contribution in [1.82, 2.24) is 10.2 Å². The molecule has 1 amide bonds. The first kappa shape index (κ1) is 21.3. The number of amides is 1. The molecular weight excluding hydrogens is 386 g/mol. The fourth-order valence-electron chi connectivity index (χ4n) is 3.42. The highest BCUT2D eigenvalue weighted by atomic mass is 32.2. The van der Waals surface area contributed by atoms with Crippen LogP contribution in [-0.2, 0) is 14.8 Å². The molecule has 3 rings (SSSR count). The van der Waals surface area contributed by atoms with E-state index in [2.05, 4.69) is 17.3 Å². The van der Waals surface area contributed by atoms with Crippen LogP contribution in [0.3, 0.4) is 0 Å². The maximum absolute atomic E-state index is 13.3. The van der Waals surface area contributed by atoms with Crippen LogP contribution in [-0.4, -0.2) is 51.9 Å². The first-order chi connectivity index (χ1) is 13.8. The molecule has 0 aromatic heterocycles. The molecule has 0 spiro atoms. The lowest BCUT2D eigenvalue weighted by atomic mass is 10.1. The average Bonchev–Trinajstić information content (AvgIpc) is 2.69. The van der Waals surface area contributed by atoms with E-state index < -0.39 is 10.0 Å². The van der Waals surface area contributed by atoms with Gasteiger partial charge in [-0.25, -0.2) is 8.42 Å². The van der Waals surface area contributed by atoms with Crippen molar-refractivity contribution in [3.05, 3.63) is 59.7 Å². The average molecular weight is 416 g/mol. The van der Waals surface area contributed by atoms with Gasteiger partial charge in [-0.2, -0.15) is 0 Å². The Labute approximate surface area is 173 Å². The smallest absolute Gasteiger partial charge is 0.264 e. The summed E-state index contributed by atoms with van der Waals surface area (Å²) in [6, 6.07) is 14.0. The number of carbonyl (C=O) groups excluding carboxylic acids is 1. The summed E-state index contributed by atoms with van der Waals surface area (Å²) in [6.07, 6.45) is 1.75. The van der Waals surface area contributed by atoms with Crippen LogP contribution in [0.15, 0.2) is 53.4 Å². The van der Waals surface area contributed by atoms with Crippen LogP contribution in [0.25, 0.3) is 0 Å². The summed E-state index contributed by atoms with van der Waals surface area (Å²) in [7, 11) is -1.80. The molecule has 0 aliphatic carbocycles. The van der Waals surface area contributed by atoms with Gasteiger partial charge < -0.3 is 10.2 Å². The quantitative estimate of drug-likeness (QED) is 0.788. The first-order valence-corrected chi connectivity index (χ1v) is 11.3. The predicted molar refractivity (Wildman–Crippen MR) is 116 cm³/mol. The summed E-state index contributed by atoms with van der Waals surface area (Å²) >= 11 is 0. The second kappa shape index (κ2) is 8.97. The highest BCUT2D eigenvalue weighted by Gasteiger charge is 2.28. The Kier molecular flexibility index (Phi) is 6.59. The summed E-state index contributed by atoms with van der Waals surface area (Å²) in [5.74, 6) is -0.282. The molecule has 1 N–H and O–H groups in total. The molecule has 1 saturated heterocycles. The minimum atomic E-state index is -3.86. The maximum Gasteiger partial charge on any atom is 0.264 e. The number of anilines is 1. The third-order valence-corrected chi connectivity index (χ3v) is 7.09. The van der Waals surface area contributed by atoms with Gasteiger partial charge >= 0.3 is 0 Å². The summed E-state index contributed by atoms with van der Waals surface area (Å²) in [5.41, 5.74) is 2.48. The molecule has 0 unspecified atom stereocenters. The maximum atomic E-state index is 13.3. The Morgan fingerprint density at radius 3 is 2.07 bits per heavy atom. The molecule has 2 aromatic rings. The van der Waals surface area contributed by atoms with Gasteiger partial charge in [0, 0.05) is 6.04 Å². The zero-order valence-electron chi connectivity index (χ0n) is 17.3. The molecule has 0 radical (unpaired) electrons. The predicted octanol–water partition coefficient (Wildman–Crippen LogP) is 2.71. The van der Waals surface area contributed by atoms with Gasteiger partial charge in [0.05, 0.1) is 10.6 Å². The van der Waals surface area contributed by atoms with Crippen LogP contribution in [0.4, 0.5) is 5.69 Å². The van der Waals surface area contributed by atoms with Crippen molar-refractivity contribution < 1.29 is 13.2 Å². The van der Waals surface area contributed by atoms with E-state index in [0.29, 0.717) is 5.69 Å². The van der Waals surface area contributed by atoms with E-state index in [-0.39, 0.29) is 23.4 Å². The van der Waals surface area contributed by atoms with Crippen LogP contribution in [0.2, 0.25) is 0 Å². The molecule has 1 aliphatic rings. The monoisotopic (exact) mass is 415 g/mol. The van der Waals surface area contributed by atoms with Gasteiger partial charge in [-0.15, -0.1) is 0 Å². The Hall–Kier alpha value is -2.38. The minimum Gasteiger partial charge on any atom is -0.352 e. The van der Waals surface area contributed by atoms with Crippen molar-refractivity contribution in [3.63, 3.8) is 0 Å². The zero-order valence-corrected chi connectivity index (χ0v) is 18.1. The Morgan fingerprint density at radius 2 is 1.52 bits per heavy atom. The zero-order chi connectivity index (χ0) is 21.0. The second-order valence-corrected chi connectivity index (χ2v) is 9.67. The summed E-state index contributed by atoms with van der Waals surface area (Å²) in [4.78, 5) is 15.1. The van der Waals surface area contributed by atoms with Gasteiger partial charge in [-0.3, -0.25) is 9.10 Å². The van der Waals surface area contributed by atoms with E-state index in [1.54, 1.807) is 36.4 Å². The van der Waals surface area contributed by atoms with Gasteiger partial charge in [0.15, 0.2) is 0 Å². The molecule has 7 heteroatoms. The summed E-state index contributed by atoms with van der Waals surface area (Å²) in [6.45, 7) is 5.45. The number of nitrogens with zero attached hydrogens (tertiary/aromatic N) is 2. The molecule has 2 aromatic carbocycles. The first-order valence-electron chi connectivity index (χ1n) is 9.90. The molecule has 0 bridgehead atoms. The molecule has 6 nitrogen and oxygen atoms in total. The second-order valence-electron chi connectivity index (χ2n) is 7.81. The van der Waals surface area contributed by atoms with Crippen LogP contribution < -0.4 is 9.62 Å². The van der Waals surface area contributed by atoms with Crippen molar-refractivity contribution in [1.29, 1.82) is 0 Å². The van der Waals surface area contributed by atoms with Crippen molar-refractivity contribution in [3.8, 4) is 0 Å². The molecule has 1 aliphatic heterocycles. The third kappa shape index (κ3) is 5.36. The van der Waals surface area contributed by atoms with Crippen LogP contribution in [0.1, 0.15) is 24.0 Å². The van der Waals surface area contributed by atoms with E-state index in [1.807, 2.05) is 26.0 Å². The van der Waals surface area contributed by atoms with Gasteiger partial charge in [0.1, 0.15) is 6.54 Å². The van der Waals surface area contributed by atoms with Crippen LogP contribution >= 0.6 is 0 Å². The molecule has 0 atom stereocenters. The fraction of sp³-hybridized carbons (Fsp3) is 0.409. The van der Waals surface area contributed by atoms with Crippen LogP contribution in [0, 0.1) is 13.8 Å². The molecule has 1 fully saturated rings. The summed E-state index contributed by atoms with van der Waals surface area (Å²) in [5, 5.41) is 3.01. The Morgan fingerprint density at radius 1 is 1.00 bits per heavy atom. The van der Waals surface area contributed by atoms with Gasteiger partial charge in [-0.1, -0.05) is 35.4 Å². The van der Waals surface area contributed by atoms with Crippen molar-refractivity contribution in [2.45, 2.75) is 37.6 Å². The highest BCUT2D eigenvalue weighted by Crippen LogP contribution is 2.24. The topological polar surface area (TPSA) is 69.7 Å². The number of likely N-dealkylation sites (tertiary alicyclic amines) is 1. The lowest BCUT2D eigenvalue weighted by molar-refractivity contribution is -0.120. The SMILES string of the molecule is Cc1ccc(N(CC(=O)NC2CCN(C)CC2)S(=O)(=O)c2ccc(C)cc2)cc1. The molecular formula is C22H29N3O3S. The highest BCUT2D eigenvalue weighted by molar-refractivity contribution is 7.92. The number of hydrogen-bond donors (Lipinski definition) is 1. The number of piperidine rings is 1. The molecule has 1 heterocycles. The number of hydrogen-bond acceptors (Lipinski definition) is 4. The number of benzene rings is 2. The number of nitrogens with one attached hydrogen (secondary N) is 1. The fourth-order valence-corrected chi connectivity index (χ4v) is 4.84.